The van der Waals surface area contributed by atoms with Gasteiger partial charge < -0.3 is 15.0 Å². The minimum absolute atomic E-state index is 0.0616. The van der Waals surface area contributed by atoms with E-state index in [-0.39, 0.29) is 5.91 Å². The molecule has 0 aliphatic carbocycles. The summed E-state index contributed by atoms with van der Waals surface area (Å²) in [5.74, 6) is 0.700. The quantitative estimate of drug-likeness (QED) is 0.903. The van der Waals surface area contributed by atoms with Gasteiger partial charge in [0.25, 0.3) is 5.91 Å². The number of nitrogens with zero attached hydrogens (tertiary/aromatic N) is 3. The smallest absolute Gasteiger partial charge is 0.274 e. The maximum atomic E-state index is 12.8. The van der Waals surface area contributed by atoms with E-state index in [1.165, 1.54) is 5.69 Å². The second kappa shape index (κ2) is 6.79. The number of rotatable bonds is 4. The highest BCUT2D eigenvalue weighted by molar-refractivity contribution is 5.94. The van der Waals surface area contributed by atoms with Crippen LogP contribution in [0.2, 0.25) is 0 Å². The van der Waals surface area contributed by atoms with Crippen molar-refractivity contribution < 1.29 is 9.53 Å². The Morgan fingerprint density at radius 1 is 1.36 bits per heavy atom. The fraction of sp³-hybridized carbons (Fsp3) is 0.750. The molecular weight excluding hydrogens is 280 g/mol. The monoisotopic (exact) mass is 306 g/mol. The van der Waals surface area contributed by atoms with Crippen molar-refractivity contribution in [1.82, 2.24) is 20.0 Å². The highest BCUT2D eigenvalue weighted by Gasteiger charge is 2.28. The Hall–Kier alpha value is -1.40. The molecule has 1 aromatic heterocycles. The van der Waals surface area contributed by atoms with Gasteiger partial charge in [-0.3, -0.25) is 9.48 Å². The molecule has 1 aromatic rings. The predicted octanol–water partition coefficient (Wildman–Crippen LogP) is 1.05. The molecule has 0 bridgehead atoms. The molecule has 6 heteroatoms. The van der Waals surface area contributed by atoms with Crippen molar-refractivity contribution in [1.29, 1.82) is 0 Å². The minimum Gasteiger partial charge on any atom is -0.378 e. The van der Waals surface area contributed by atoms with E-state index in [0.29, 0.717) is 37.9 Å². The molecule has 1 fully saturated rings. The fourth-order valence-corrected chi connectivity index (χ4v) is 3.07. The zero-order chi connectivity index (χ0) is 15.5. The van der Waals surface area contributed by atoms with Gasteiger partial charge in [0.2, 0.25) is 0 Å². The summed E-state index contributed by atoms with van der Waals surface area (Å²) < 4.78 is 7.41. The van der Waals surface area contributed by atoms with E-state index in [1.54, 1.807) is 0 Å². The maximum absolute atomic E-state index is 12.8. The zero-order valence-electron chi connectivity index (χ0n) is 13.6. The molecule has 0 unspecified atom stereocenters. The number of aromatic nitrogens is 2. The Morgan fingerprint density at radius 3 is 2.86 bits per heavy atom. The number of amides is 1. The summed E-state index contributed by atoms with van der Waals surface area (Å²) in [4.78, 5) is 14.7. The number of hydrogen-bond donors (Lipinski definition) is 1. The molecule has 1 saturated heterocycles. The molecule has 1 N–H and O–H groups in total. The fourth-order valence-electron chi connectivity index (χ4n) is 3.07. The molecule has 2 aliphatic heterocycles. The van der Waals surface area contributed by atoms with Gasteiger partial charge in [0.15, 0.2) is 5.69 Å². The maximum Gasteiger partial charge on any atom is 0.274 e. The third-order valence-corrected chi connectivity index (χ3v) is 4.43. The van der Waals surface area contributed by atoms with Crippen LogP contribution in [0.4, 0.5) is 0 Å². The molecule has 2 aliphatic rings. The average molecular weight is 306 g/mol. The molecule has 22 heavy (non-hydrogen) atoms. The van der Waals surface area contributed by atoms with Gasteiger partial charge in [-0.2, -0.15) is 5.10 Å². The predicted molar refractivity (Wildman–Crippen MR) is 83.8 cm³/mol. The zero-order valence-corrected chi connectivity index (χ0v) is 13.6. The third kappa shape index (κ3) is 3.17. The van der Waals surface area contributed by atoms with Crippen molar-refractivity contribution in [2.45, 2.75) is 39.8 Å². The van der Waals surface area contributed by atoms with Crippen LogP contribution < -0.4 is 5.32 Å². The second-order valence-corrected chi connectivity index (χ2v) is 6.51. The van der Waals surface area contributed by atoms with Crippen LogP contribution in [0.5, 0.6) is 0 Å². The van der Waals surface area contributed by atoms with E-state index >= 15 is 0 Å². The molecule has 0 saturated carbocycles. The Labute approximate surface area is 131 Å². The van der Waals surface area contributed by atoms with Crippen LogP contribution in [-0.2, 0) is 24.2 Å². The van der Waals surface area contributed by atoms with Crippen LogP contribution in [0.3, 0.4) is 0 Å². The highest BCUT2D eigenvalue weighted by atomic mass is 16.5. The standard InChI is InChI=1S/C16H26N4O2/c1-12(2)4-6-20-14-3-5-17-11-13(14)15(18-20)16(21)19-7-9-22-10-8-19/h12,17H,3-11H2,1-2H3. The molecule has 1 amide bonds. The Morgan fingerprint density at radius 2 is 2.14 bits per heavy atom. The lowest BCUT2D eigenvalue weighted by Crippen LogP contribution is -2.41. The van der Waals surface area contributed by atoms with E-state index in [9.17, 15) is 4.79 Å². The van der Waals surface area contributed by atoms with Crippen LogP contribution in [0.1, 0.15) is 42.0 Å². The van der Waals surface area contributed by atoms with Crippen LogP contribution in [0, 0.1) is 5.92 Å². The topological polar surface area (TPSA) is 59.4 Å². The molecule has 122 valence electrons. The van der Waals surface area contributed by atoms with Gasteiger partial charge in [-0.15, -0.1) is 0 Å². The van der Waals surface area contributed by atoms with Crippen molar-refractivity contribution in [3.63, 3.8) is 0 Å². The summed E-state index contributed by atoms with van der Waals surface area (Å²) >= 11 is 0. The molecule has 0 radical (unpaired) electrons. The van der Waals surface area contributed by atoms with Gasteiger partial charge in [-0.1, -0.05) is 13.8 Å². The largest absolute Gasteiger partial charge is 0.378 e. The Bertz CT molecular complexity index is 532. The number of fused-ring (bicyclic) bond motifs is 1. The lowest BCUT2D eigenvalue weighted by Gasteiger charge is -2.26. The first-order valence-corrected chi connectivity index (χ1v) is 8.33. The highest BCUT2D eigenvalue weighted by Crippen LogP contribution is 2.21. The number of nitrogens with one attached hydrogen (secondary N) is 1. The molecule has 3 heterocycles. The third-order valence-electron chi connectivity index (χ3n) is 4.43. The van der Waals surface area contributed by atoms with E-state index < -0.39 is 0 Å². The van der Waals surface area contributed by atoms with Crippen molar-refractivity contribution >= 4 is 5.91 Å². The number of carbonyl (C=O) groups excluding carboxylic acids is 1. The number of carbonyl (C=O) groups is 1. The summed E-state index contributed by atoms with van der Waals surface area (Å²) in [6.45, 7) is 9.64. The van der Waals surface area contributed by atoms with E-state index in [0.717, 1.165) is 38.0 Å². The van der Waals surface area contributed by atoms with Crippen LogP contribution >= 0.6 is 0 Å². The van der Waals surface area contributed by atoms with Crippen molar-refractivity contribution in [3.8, 4) is 0 Å². The Kier molecular flexibility index (Phi) is 4.78. The Balaban J connectivity index is 1.84. The van der Waals surface area contributed by atoms with Crippen molar-refractivity contribution in [3.05, 3.63) is 17.0 Å². The summed E-state index contributed by atoms with van der Waals surface area (Å²) in [6.07, 6.45) is 2.05. The number of aryl methyl sites for hydroxylation is 1. The molecule has 0 atom stereocenters. The minimum atomic E-state index is 0.0616. The van der Waals surface area contributed by atoms with Gasteiger partial charge in [0.05, 0.1) is 13.2 Å². The van der Waals surface area contributed by atoms with Gasteiger partial charge in [0, 0.05) is 50.4 Å². The average Bonchev–Trinajstić information content (AvgIpc) is 2.92. The van der Waals surface area contributed by atoms with Crippen molar-refractivity contribution in [2.24, 2.45) is 5.92 Å². The van der Waals surface area contributed by atoms with E-state index in [1.807, 2.05) is 4.90 Å². The first-order chi connectivity index (χ1) is 10.7. The normalized spacial score (nSPS) is 18.6. The van der Waals surface area contributed by atoms with Crippen LogP contribution in [0.25, 0.3) is 0 Å². The first kappa shape index (κ1) is 15.5. The molecule has 3 rings (SSSR count). The molecular formula is C16H26N4O2. The SMILES string of the molecule is CC(C)CCn1nc(C(=O)N2CCOCC2)c2c1CCNC2. The number of ether oxygens (including phenoxy) is 1. The molecule has 0 spiro atoms. The summed E-state index contributed by atoms with van der Waals surface area (Å²) in [5.41, 5.74) is 3.00. The second-order valence-electron chi connectivity index (χ2n) is 6.51. The van der Waals surface area contributed by atoms with Gasteiger partial charge in [-0.05, 0) is 12.3 Å². The van der Waals surface area contributed by atoms with Gasteiger partial charge in [-0.25, -0.2) is 0 Å². The summed E-state index contributed by atoms with van der Waals surface area (Å²) in [7, 11) is 0. The number of morpholine rings is 1. The van der Waals surface area contributed by atoms with Crippen LogP contribution in [0.15, 0.2) is 0 Å². The van der Waals surface area contributed by atoms with Gasteiger partial charge >= 0.3 is 0 Å². The lowest BCUT2D eigenvalue weighted by molar-refractivity contribution is 0.0297. The lowest BCUT2D eigenvalue weighted by atomic mass is 10.1. The molecule has 6 nitrogen and oxygen atoms in total. The summed E-state index contributed by atoms with van der Waals surface area (Å²) in [6, 6.07) is 0. The summed E-state index contributed by atoms with van der Waals surface area (Å²) in [5, 5.41) is 8.05. The van der Waals surface area contributed by atoms with Crippen molar-refractivity contribution in [2.75, 3.05) is 32.8 Å². The first-order valence-electron chi connectivity index (χ1n) is 8.33. The number of hydrogen-bond acceptors (Lipinski definition) is 4. The van der Waals surface area contributed by atoms with Crippen LogP contribution in [-0.4, -0.2) is 53.4 Å². The van der Waals surface area contributed by atoms with Gasteiger partial charge in [0.1, 0.15) is 0 Å². The molecule has 0 aromatic carbocycles. The van der Waals surface area contributed by atoms with E-state index in [2.05, 4.69) is 28.9 Å². The van der Waals surface area contributed by atoms with E-state index in [4.69, 9.17) is 4.74 Å².